The SMILES string of the molecule is COCc1cccc(C(=O)Nc2cccc(NC(=O)C(C)C)c2)c1. The summed E-state index contributed by atoms with van der Waals surface area (Å²) in [7, 11) is 1.61. The Morgan fingerprint density at radius 1 is 1.00 bits per heavy atom. The third-order valence-electron chi connectivity index (χ3n) is 3.41. The van der Waals surface area contributed by atoms with E-state index in [-0.39, 0.29) is 17.7 Å². The predicted octanol–water partition coefficient (Wildman–Crippen LogP) is 3.68. The van der Waals surface area contributed by atoms with Crippen LogP contribution in [0, 0.1) is 5.92 Å². The van der Waals surface area contributed by atoms with Crippen molar-refractivity contribution in [3.8, 4) is 0 Å². The standard InChI is InChI=1S/C19H22N2O3/c1-13(2)18(22)20-16-8-5-9-17(11-16)21-19(23)15-7-4-6-14(10-15)12-24-3/h4-11,13H,12H2,1-3H3,(H,20,22)(H,21,23). The number of hydrogen-bond acceptors (Lipinski definition) is 3. The van der Waals surface area contributed by atoms with Gasteiger partial charge in [-0.05, 0) is 35.9 Å². The van der Waals surface area contributed by atoms with Gasteiger partial charge in [-0.25, -0.2) is 0 Å². The van der Waals surface area contributed by atoms with E-state index in [1.54, 1.807) is 43.5 Å². The first-order valence-corrected chi connectivity index (χ1v) is 7.79. The minimum Gasteiger partial charge on any atom is -0.380 e. The molecule has 0 saturated heterocycles. The van der Waals surface area contributed by atoms with Crippen LogP contribution in [0.4, 0.5) is 11.4 Å². The van der Waals surface area contributed by atoms with E-state index in [0.29, 0.717) is 23.5 Å². The summed E-state index contributed by atoms with van der Waals surface area (Å²) in [6.07, 6.45) is 0. The third-order valence-corrected chi connectivity index (χ3v) is 3.41. The van der Waals surface area contributed by atoms with Crippen LogP contribution in [0.3, 0.4) is 0 Å². The van der Waals surface area contributed by atoms with Gasteiger partial charge in [0.15, 0.2) is 0 Å². The Bertz CT molecular complexity index is 726. The molecule has 0 aliphatic rings. The Balaban J connectivity index is 2.09. The Kier molecular flexibility index (Phi) is 6.09. The van der Waals surface area contributed by atoms with Crippen LogP contribution in [0.5, 0.6) is 0 Å². The number of anilines is 2. The molecule has 0 aromatic heterocycles. The van der Waals surface area contributed by atoms with Gasteiger partial charge in [0.05, 0.1) is 6.61 Å². The lowest BCUT2D eigenvalue weighted by Gasteiger charge is -2.10. The molecule has 0 spiro atoms. The lowest BCUT2D eigenvalue weighted by molar-refractivity contribution is -0.118. The molecular weight excluding hydrogens is 304 g/mol. The summed E-state index contributed by atoms with van der Waals surface area (Å²) in [4.78, 5) is 24.1. The van der Waals surface area contributed by atoms with Crippen molar-refractivity contribution in [3.05, 3.63) is 59.7 Å². The first kappa shape index (κ1) is 17.7. The van der Waals surface area contributed by atoms with Crippen LogP contribution in [0.2, 0.25) is 0 Å². The highest BCUT2D eigenvalue weighted by Crippen LogP contribution is 2.17. The number of benzene rings is 2. The maximum Gasteiger partial charge on any atom is 0.255 e. The van der Waals surface area contributed by atoms with Crippen molar-refractivity contribution in [2.24, 2.45) is 5.92 Å². The van der Waals surface area contributed by atoms with E-state index in [0.717, 1.165) is 5.56 Å². The highest BCUT2D eigenvalue weighted by Gasteiger charge is 2.09. The smallest absolute Gasteiger partial charge is 0.255 e. The fourth-order valence-corrected chi connectivity index (χ4v) is 2.13. The molecule has 0 fully saturated rings. The van der Waals surface area contributed by atoms with Gasteiger partial charge in [-0.1, -0.05) is 32.0 Å². The molecule has 2 N–H and O–H groups in total. The predicted molar refractivity (Wildman–Crippen MR) is 95.0 cm³/mol. The van der Waals surface area contributed by atoms with Crippen LogP contribution in [-0.4, -0.2) is 18.9 Å². The molecule has 0 bridgehead atoms. The van der Waals surface area contributed by atoms with Gasteiger partial charge >= 0.3 is 0 Å². The first-order chi connectivity index (χ1) is 11.5. The summed E-state index contributed by atoms with van der Waals surface area (Å²) in [5.41, 5.74) is 2.77. The molecule has 2 aromatic rings. The number of ether oxygens (including phenoxy) is 1. The maximum absolute atomic E-state index is 12.4. The molecule has 0 atom stereocenters. The number of carbonyl (C=O) groups excluding carboxylic acids is 2. The van der Waals surface area contributed by atoms with Crippen molar-refractivity contribution in [2.45, 2.75) is 20.5 Å². The fraction of sp³-hybridized carbons (Fsp3) is 0.263. The number of amides is 2. The van der Waals surface area contributed by atoms with Crippen LogP contribution in [0.25, 0.3) is 0 Å². The topological polar surface area (TPSA) is 67.4 Å². The van der Waals surface area contributed by atoms with Crippen LogP contribution in [0.15, 0.2) is 48.5 Å². The van der Waals surface area contributed by atoms with Gasteiger partial charge in [0.25, 0.3) is 5.91 Å². The largest absolute Gasteiger partial charge is 0.380 e. The second-order valence-electron chi connectivity index (χ2n) is 5.81. The molecular formula is C19H22N2O3. The number of nitrogens with one attached hydrogen (secondary N) is 2. The number of methoxy groups -OCH3 is 1. The summed E-state index contributed by atoms with van der Waals surface area (Å²) in [5, 5.41) is 5.65. The average molecular weight is 326 g/mol. The number of hydrogen-bond donors (Lipinski definition) is 2. The molecule has 0 radical (unpaired) electrons. The van der Waals surface area contributed by atoms with E-state index < -0.39 is 0 Å². The molecule has 126 valence electrons. The molecule has 5 nitrogen and oxygen atoms in total. The van der Waals surface area contributed by atoms with Gasteiger partial charge in [-0.2, -0.15) is 0 Å². The van der Waals surface area contributed by atoms with Crippen molar-refractivity contribution in [1.82, 2.24) is 0 Å². The minimum absolute atomic E-state index is 0.0641. The third kappa shape index (κ3) is 4.93. The van der Waals surface area contributed by atoms with E-state index in [4.69, 9.17) is 4.74 Å². The summed E-state index contributed by atoms with van der Waals surface area (Å²) in [6, 6.07) is 14.4. The Morgan fingerprint density at radius 2 is 1.67 bits per heavy atom. The Labute approximate surface area is 142 Å². The van der Waals surface area contributed by atoms with Crippen LogP contribution < -0.4 is 10.6 Å². The molecule has 2 aromatic carbocycles. The second kappa shape index (κ2) is 8.26. The molecule has 0 aliphatic carbocycles. The summed E-state index contributed by atoms with van der Waals surface area (Å²) in [6.45, 7) is 4.11. The fourth-order valence-electron chi connectivity index (χ4n) is 2.13. The second-order valence-corrected chi connectivity index (χ2v) is 5.81. The van der Waals surface area contributed by atoms with Gasteiger partial charge in [0, 0.05) is 30.0 Å². The number of carbonyl (C=O) groups is 2. The molecule has 24 heavy (non-hydrogen) atoms. The zero-order chi connectivity index (χ0) is 17.5. The highest BCUT2D eigenvalue weighted by molar-refractivity contribution is 6.04. The average Bonchev–Trinajstić information content (AvgIpc) is 2.55. The zero-order valence-corrected chi connectivity index (χ0v) is 14.1. The van der Waals surface area contributed by atoms with Crippen LogP contribution in [0.1, 0.15) is 29.8 Å². The van der Waals surface area contributed by atoms with Crippen molar-refractivity contribution in [2.75, 3.05) is 17.7 Å². The highest BCUT2D eigenvalue weighted by atomic mass is 16.5. The molecule has 0 unspecified atom stereocenters. The van der Waals surface area contributed by atoms with E-state index in [2.05, 4.69) is 10.6 Å². The minimum atomic E-state index is -0.208. The first-order valence-electron chi connectivity index (χ1n) is 7.79. The lowest BCUT2D eigenvalue weighted by atomic mass is 10.1. The lowest BCUT2D eigenvalue weighted by Crippen LogP contribution is -2.18. The quantitative estimate of drug-likeness (QED) is 0.851. The van der Waals surface area contributed by atoms with E-state index in [1.165, 1.54) is 0 Å². The molecule has 0 saturated carbocycles. The summed E-state index contributed by atoms with van der Waals surface area (Å²) < 4.78 is 5.08. The summed E-state index contributed by atoms with van der Waals surface area (Å²) in [5.74, 6) is -0.377. The van der Waals surface area contributed by atoms with Gasteiger partial charge in [-0.3, -0.25) is 9.59 Å². The Morgan fingerprint density at radius 3 is 2.33 bits per heavy atom. The van der Waals surface area contributed by atoms with E-state index >= 15 is 0 Å². The van der Waals surface area contributed by atoms with Crippen molar-refractivity contribution < 1.29 is 14.3 Å². The monoisotopic (exact) mass is 326 g/mol. The maximum atomic E-state index is 12.4. The zero-order valence-electron chi connectivity index (χ0n) is 14.1. The normalized spacial score (nSPS) is 10.5. The van der Waals surface area contributed by atoms with Gasteiger partial charge in [0.1, 0.15) is 0 Å². The van der Waals surface area contributed by atoms with Gasteiger partial charge in [-0.15, -0.1) is 0 Å². The Hall–Kier alpha value is -2.66. The van der Waals surface area contributed by atoms with Gasteiger partial charge < -0.3 is 15.4 Å². The molecule has 2 amide bonds. The van der Waals surface area contributed by atoms with E-state index in [9.17, 15) is 9.59 Å². The van der Waals surface area contributed by atoms with E-state index in [1.807, 2.05) is 26.0 Å². The van der Waals surface area contributed by atoms with Crippen molar-refractivity contribution in [1.29, 1.82) is 0 Å². The summed E-state index contributed by atoms with van der Waals surface area (Å²) >= 11 is 0. The molecule has 0 heterocycles. The van der Waals surface area contributed by atoms with Crippen molar-refractivity contribution in [3.63, 3.8) is 0 Å². The van der Waals surface area contributed by atoms with Crippen molar-refractivity contribution >= 4 is 23.2 Å². The molecule has 2 rings (SSSR count). The number of rotatable bonds is 6. The van der Waals surface area contributed by atoms with Gasteiger partial charge in [0.2, 0.25) is 5.91 Å². The van der Waals surface area contributed by atoms with Crippen LogP contribution in [-0.2, 0) is 16.1 Å². The molecule has 0 aliphatic heterocycles. The van der Waals surface area contributed by atoms with Crippen LogP contribution >= 0.6 is 0 Å². The molecule has 5 heteroatoms.